The summed E-state index contributed by atoms with van der Waals surface area (Å²) in [5.74, 6) is -0.104. The molecule has 1 aliphatic rings. The van der Waals surface area contributed by atoms with Crippen LogP contribution in [0.4, 0.5) is 5.69 Å². The molecule has 0 saturated carbocycles. The van der Waals surface area contributed by atoms with Crippen LogP contribution in [0.2, 0.25) is 0 Å². The Bertz CT molecular complexity index is 1240. The van der Waals surface area contributed by atoms with Gasteiger partial charge in [-0.1, -0.05) is 17.7 Å². The van der Waals surface area contributed by atoms with Crippen molar-refractivity contribution in [2.24, 2.45) is 0 Å². The third-order valence-electron chi connectivity index (χ3n) is 5.40. The molecule has 8 nitrogen and oxygen atoms in total. The lowest BCUT2D eigenvalue weighted by molar-refractivity contribution is -0.122. The van der Waals surface area contributed by atoms with E-state index in [0.29, 0.717) is 23.8 Å². The summed E-state index contributed by atoms with van der Waals surface area (Å²) in [5, 5.41) is 0. The Hall–Kier alpha value is -3.43. The van der Waals surface area contributed by atoms with Crippen LogP contribution in [-0.4, -0.2) is 37.2 Å². The molecule has 1 unspecified atom stereocenters. The molecule has 1 aliphatic heterocycles. The average molecular weight is 469 g/mol. The van der Waals surface area contributed by atoms with Crippen molar-refractivity contribution in [1.29, 1.82) is 0 Å². The molecule has 0 N–H and O–H groups in total. The summed E-state index contributed by atoms with van der Waals surface area (Å²) >= 11 is 0. The Kier molecular flexibility index (Phi) is 6.35. The molecule has 2 heterocycles. The van der Waals surface area contributed by atoms with Crippen molar-refractivity contribution in [3.05, 3.63) is 78.3 Å². The number of imide groups is 1. The lowest BCUT2D eigenvalue weighted by Crippen LogP contribution is -2.45. The summed E-state index contributed by atoms with van der Waals surface area (Å²) in [6.45, 7) is 4.02. The second kappa shape index (κ2) is 9.21. The Morgan fingerprint density at radius 2 is 1.76 bits per heavy atom. The quantitative estimate of drug-likeness (QED) is 0.470. The highest BCUT2D eigenvalue weighted by Crippen LogP contribution is 2.31. The van der Waals surface area contributed by atoms with Crippen molar-refractivity contribution in [3.8, 4) is 5.75 Å². The zero-order valence-electron chi connectivity index (χ0n) is 18.3. The molecule has 1 saturated heterocycles. The van der Waals surface area contributed by atoms with Crippen LogP contribution >= 0.6 is 0 Å². The maximum atomic E-state index is 13.6. The molecular formula is C24H24N2O6S. The van der Waals surface area contributed by atoms with Crippen LogP contribution in [0.3, 0.4) is 0 Å². The molecule has 0 bridgehead atoms. The topological polar surface area (TPSA) is 97.1 Å². The monoisotopic (exact) mass is 468 g/mol. The second-order valence-electron chi connectivity index (χ2n) is 7.66. The summed E-state index contributed by atoms with van der Waals surface area (Å²) in [6.07, 6.45) is 1.16. The maximum absolute atomic E-state index is 13.6. The van der Waals surface area contributed by atoms with E-state index in [9.17, 15) is 18.0 Å². The van der Waals surface area contributed by atoms with Crippen molar-refractivity contribution in [2.75, 3.05) is 11.5 Å². The number of ether oxygens (including phenoxy) is 1. The van der Waals surface area contributed by atoms with E-state index in [-0.39, 0.29) is 17.9 Å². The third-order valence-corrected chi connectivity index (χ3v) is 7.26. The van der Waals surface area contributed by atoms with E-state index < -0.39 is 27.9 Å². The van der Waals surface area contributed by atoms with Gasteiger partial charge in [-0.15, -0.1) is 0 Å². The molecule has 0 aliphatic carbocycles. The van der Waals surface area contributed by atoms with Crippen LogP contribution in [0.15, 0.2) is 76.2 Å². The number of hydrogen-bond acceptors (Lipinski definition) is 6. The number of rotatable bonds is 8. The number of furan rings is 1. The first-order valence-electron chi connectivity index (χ1n) is 10.5. The minimum atomic E-state index is -4.10. The summed E-state index contributed by atoms with van der Waals surface area (Å²) in [5.41, 5.74) is 1.27. The summed E-state index contributed by atoms with van der Waals surface area (Å²) < 4.78 is 38.9. The van der Waals surface area contributed by atoms with E-state index in [0.717, 1.165) is 14.8 Å². The van der Waals surface area contributed by atoms with Gasteiger partial charge in [0, 0.05) is 0 Å². The lowest BCUT2D eigenvalue weighted by atomic mass is 10.2. The van der Waals surface area contributed by atoms with Crippen molar-refractivity contribution >= 4 is 27.5 Å². The van der Waals surface area contributed by atoms with Crippen LogP contribution < -0.4 is 9.64 Å². The maximum Gasteiger partial charge on any atom is 0.252 e. The summed E-state index contributed by atoms with van der Waals surface area (Å²) in [6, 6.07) is 15.0. The Morgan fingerprint density at radius 3 is 2.36 bits per heavy atom. The molecular weight excluding hydrogens is 444 g/mol. The number of carbonyl (C=O) groups is 2. The minimum absolute atomic E-state index is 0.0411. The molecule has 1 aromatic heterocycles. The van der Waals surface area contributed by atoms with E-state index in [2.05, 4.69) is 0 Å². The zero-order valence-corrected chi connectivity index (χ0v) is 19.1. The summed E-state index contributed by atoms with van der Waals surface area (Å²) in [7, 11) is -4.10. The Balaban J connectivity index is 1.69. The first-order chi connectivity index (χ1) is 15.8. The first kappa shape index (κ1) is 22.8. The normalized spacial score (nSPS) is 16.6. The molecule has 33 heavy (non-hydrogen) atoms. The number of hydrogen-bond donors (Lipinski definition) is 0. The number of amides is 2. The van der Waals surface area contributed by atoms with Crippen LogP contribution in [0.5, 0.6) is 5.75 Å². The first-order valence-corrected chi connectivity index (χ1v) is 12.0. The predicted molar refractivity (Wildman–Crippen MR) is 121 cm³/mol. The fraction of sp³-hybridized carbons (Fsp3) is 0.250. The van der Waals surface area contributed by atoms with Crippen molar-refractivity contribution in [3.63, 3.8) is 0 Å². The third kappa shape index (κ3) is 4.55. The van der Waals surface area contributed by atoms with Gasteiger partial charge in [0.25, 0.3) is 5.91 Å². The van der Waals surface area contributed by atoms with Crippen LogP contribution in [0.1, 0.15) is 24.7 Å². The number of sulfonamides is 1. The van der Waals surface area contributed by atoms with Crippen molar-refractivity contribution in [2.45, 2.75) is 37.8 Å². The molecule has 2 amide bonds. The Labute approximate surface area is 192 Å². The lowest BCUT2D eigenvalue weighted by Gasteiger charge is -2.26. The van der Waals surface area contributed by atoms with Gasteiger partial charge in [-0.05, 0) is 62.4 Å². The van der Waals surface area contributed by atoms with Crippen LogP contribution in [-0.2, 0) is 26.2 Å². The van der Waals surface area contributed by atoms with E-state index in [1.165, 1.54) is 18.4 Å². The van der Waals surface area contributed by atoms with Crippen molar-refractivity contribution < 1.29 is 27.2 Å². The van der Waals surface area contributed by atoms with Gasteiger partial charge >= 0.3 is 0 Å². The highest BCUT2D eigenvalue weighted by molar-refractivity contribution is 7.89. The highest BCUT2D eigenvalue weighted by Gasteiger charge is 2.47. The molecule has 0 spiro atoms. The number of aryl methyl sites for hydroxylation is 1. The van der Waals surface area contributed by atoms with Gasteiger partial charge in [-0.25, -0.2) is 13.3 Å². The molecule has 2 aromatic carbocycles. The molecule has 172 valence electrons. The Morgan fingerprint density at radius 1 is 1.06 bits per heavy atom. The molecule has 1 fully saturated rings. The van der Waals surface area contributed by atoms with Gasteiger partial charge in [0.15, 0.2) is 0 Å². The standard InChI is InChI=1S/C24H24N2O6S/c1-3-31-19-10-8-18(9-11-19)26-23(27)15-22(24(26)28)25(16-20-5-4-14-32-20)33(29,30)21-12-6-17(2)7-13-21/h4-14,22H,3,15-16H2,1-2H3. The van der Waals surface area contributed by atoms with Gasteiger partial charge in [0.1, 0.15) is 17.6 Å². The molecule has 9 heteroatoms. The van der Waals surface area contributed by atoms with Gasteiger partial charge in [-0.3, -0.25) is 9.59 Å². The smallest absolute Gasteiger partial charge is 0.252 e. The van der Waals surface area contributed by atoms with Crippen LogP contribution in [0, 0.1) is 6.92 Å². The zero-order chi connectivity index (χ0) is 23.6. The van der Waals surface area contributed by atoms with Gasteiger partial charge in [0.05, 0.1) is 36.4 Å². The second-order valence-corrected chi connectivity index (χ2v) is 9.55. The van der Waals surface area contributed by atoms with E-state index in [4.69, 9.17) is 9.15 Å². The number of nitrogens with zero attached hydrogens (tertiary/aromatic N) is 2. The van der Waals surface area contributed by atoms with Gasteiger partial charge in [-0.2, -0.15) is 4.31 Å². The van der Waals surface area contributed by atoms with E-state index in [1.54, 1.807) is 48.5 Å². The molecule has 1 atom stereocenters. The highest BCUT2D eigenvalue weighted by atomic mass is 32.2. The molecule has 0 radical (unpaired) electrons. The number of carbonyl (C=O) groups excluding carboxylic acids is 2. The molecule has 4 rings (SSSR count). The predicted octanol–water partition coefficient (Wildman–Crippen LogP) is 3.51. The average Bonchev–Trinajstić information content (AvgIpc) is 3.41. The van der Waals surface area contributed by atoms with E-state index >= 15 is 0 Å². The molecule has 3 aromatic rings. The van der Waals surface area contributed by atoms with Crippen molar-refractivity contribution in [1.82, 2.24) is 4.31 Å². The fourth-order valence-electron chi connectivity index (χ4n) is 3.73. The number of anilines is 1. The van der Waals surface area contributed by atoms with E-state index in [1.807, 2.05) is 13.8 Å². The fourth-order valence-corrected chi connectivity index (χ4v) is 5.28. The van der Waals surface area contributed by atoms with Gasteiger partial charge in [0.2, 0.25) is 15.9 Å². The van der Waals surface area contributed by atoms with Gasteiger partial charge < -0.3 is 9.15 Å². The minimum Gasteiger partial charge on any atom is -0.494 e. The largest absolute Gasteiger partial charge is 0.494 e. The summed E-state index contributed by atoms with van der Waals surface area (Å²) in [4.78, 5) is 27.3. The number of benzene rings is 2. The SMILES string of the molecule is CCOc1ccc(N2C(=O)CC(N(Cc3ccco3)S(=O)(=O)c3ccc(C)cc3)C2=O)cc1. The van der Waals surface area contributed by atoms with Crippen LogP contribution in [0.25, 0.3) is 0 Å².